The Morgan fingerprint density at radius 1 is 1.32 bits per heavy atom. The molecule has 128 valence electrons. The molecular weight excluding hydrogens is 334 g/mol. The number of aromatic nitrogens is 2. The Kier molecular flexibility index (Phi) is 5.09. The van der Waals surface area contributed by atoms with Gasteiger partial charge in [-0.2, -0.15) is 0 Å². The van der Waals surface area contributed by atoms with Gasteiger partial charge in [-0.3, -0.25) is 9.59 Å². The van der Waals surface area contributed by atoms with Crippen molar-refractivity contribution in [3.05, 3.63) is 69.1 Å². The molecule has 1 aromatic carbocycles. The number of amides is 1. The molecule has 0 spiro atoms. The molecule has 25 heavy (non-hydrogen) atoms. The number of carbonyl (C=O) groups excluding carboxylic acids is 1. The zero-order valence-corrected chi connectivity index (χ0v) is 14.9. The standard InChI is InChI=1S/C19H19N3O2S/c1-12(2)14-6-3-13(4-7-14)5-8-17(23)20-10-15-9-16-18(24)21-11-22-19(16)25-15/h3-9,11-12H,10H2,1-2H3,(H,20,23)(H,21,22,24)/b8-5+. The largest absolute Gasteiger partial charge is 0.348 e. The number of hydrogen-bond donors (Lipinski definition) is 2. The monoisotopic (exact) mass is 353 g/mol. The molecule has 0 aliphatic rings. The first-order chi connectivity index (χ1) is 12.0. The van der Waals surface area contributed by atoms with Gasteiger partial charge in [0, 0.05) is 11.0 Å². The molecule has 0 atom stereocenters. The van der Waals surface area contributed by atoms with Crippen LogP contribution in [0.5, 0.6) is 0 Å². The molecule has 1 amide bonds. The quantitative estimate of drug-likeness (QED) is 0.690. The summed E-state index contributed by atoms with van der Waals surface area (Å²) in [6, 6.07) is 9.92. The highest BCUT2D eigenvalue weighted by Crippen LogP contribution is 2.20. The van der Waals surface area contributed by atoms with Crippen molar-refractivity contribution in [3.63, 3.8) is 0 Å². The minimum absolute atomic E-state index is 0.163. The van der Waals surface area contributed by atoms with Crippen molar-refractivity contribution in [2.24, 2.45) is 0 Å². The van der Waals surface area contributed by atoms with Gasteiger partial charge in [-0.25, -0.2) is 4.98 Å². The Hall–Kier alpha value is -2.73. The molecule has 0 fully saturated rings. The van der Waals surface area contributed by atoms with Gasteiger partial charge in [-0.05, 0) is 29.2 Å². The molecular formula is C19H19N3O2S. The maximum atomic E-state index is 12.0. The van der Waals surface area contributed by atoms with Gasteiger partial charge in [0.25, 0.3) is 5.56 Å². The average molecular weight is 353 g/mol. The summed E-state index contributed by atoms with van der Waals surface area (Å²) >= 11 is 1.40. The predicted octanol–water partition coefficient (Wildman–Crippen LogP) is 3.44. The third-order valence-corrected chi connectivity index (χ3v) is 4.90. The van der Waals surface area contributed by atoms with Crippen molar-refractivity contribution in [1.29, 1.82) is 0 Å². The number of aromatic amines is 1. The highest BCUT2D eigenvalue weighted by atomic mass is 32.1. The summed E-state index contributed by atoms with van der Waals surface area (Å²) in [4.78, 5) is 31.9. The second kappa shape index (κ2) is 7.44. The maximum absolute atomic E-state index is 12.0. The first kappa shape index (κ1) is 17.1. The molecule has 2 N–H and O–H groups in total. The molecule has 0 radical (unpaired) electrons. The summed E-state index contributed by atoms with van der Waals surface area (Å²) in [5, 5.41) is 3.38. The van der Waals surface area contributed by atoms with Crippen molar-refractivity contribution in [1.82, 2.24) is 15.3 Å². The van der Waals surface area contributed by atoms with E-state index < -0.39 is 0 Å². The summed E-state index contributed by atoms with van der Waals surface area (Å²) in [6.07, 6.45) is 4.69. The van der Waals surface area contributed by atoms with Crippen molar-refractivity contribution >= 4 is 33.5 Å². The number of nitrogens with one attached hydrogen (secondary N) is 2. The molecule has 0 saturated heterocycles. The van der Waals surface area contributed by atoms with Gasteiger partial charge in [0.05, 0.1) is 18.3 Å². The third kappa shape index (κ3) is 4.22. The van der Waals surface area contributed by atoms with E-state index in [2.05, 4.69) is 41.3 Å². The molecule has 3 aromatic rings. The molecule has 6 heteroatoms. The SMILES string of the molecule is CC(C)c1ccc(/C=C/C(=O)NCc2cc3c(=O)[nH]cnc3s2)cc1. The Labute approximate surface area is 149 Å². The Balaban J connectivity index is 1.60. The zero-order valence-electron chi connectivity index (χ0n) is 14.1. The minimum atomic E-state index is -0.174. The fourth-order valence-electron chi connectivity index (χ4n) is 2.40. The van der Waals surface area contributed by atoms with Gasteiger partial charge in [0.1, 0.15) is 4.83 Å². The van der Waals surface area contributed by atoms with Gasteiger partial charge in [0.15, 0.2) is 0 Å². The van der Waals surface area contributed by atoms with Crippen LogP contribution in [0, 0.1) is 0 Å². The minimum Gasteiger partial charge on any atom is -0.348 e. The number of thiophene rings is 1. The van der Waals surface area contributed by atoms with E-state index in [0.717, 1.165) is 10.4 Å². The second-order valence-electron chi connectivity index (χ2n) is 6.04. The molecule has 0 aliphatic heterocycles. The Morgan fingerprint density at radius 3 is 2.76 bits per heavy atom. The van der Waals surface area contributed by atoms with E-state index in [0.29, 0.717) is 22.7 Å². The Bertz CT molecular complexity index is 968. The van der Waals surface area contributed by atoms with Gasteiger partial charge >= 0.3 is 0 Å². The van der Waals surface area contributed by atoms with E-state index in [4.69, 9.17) is 0 Å². The van der Waals surface area contributed by atoms with Crippen LogP contribution in [0.4, 0.5) is 0 Å². The maximum Gasteiger partial charge on any atom is 0.259 e. The normalized spacial score (nSPS) is 11.5. The molecule has 0 aliphatic carbocycles. The summed E-state index contributed by atoms with van der Waals surface area (Å²) in [6.45, 7) is 4.67. The van der Waals surface area contributed by atoms with Crippen LogP contribution in [0.15, 0.2) is 47.5 Å². The predicted molar refractivity (Wildman–Crippen MR) is 102 cm³/mol. The van der Waals surface area contributed by atoms with Crippen molar-refractivity contribution in [3.8, 4) is 0 Å². The molecule has 0 bridgehead atoms. The zero-order chi connectivity index (χ0) is 17.8. The van der Waals surface area contributed by atoms with Crippen LogP contribution in [0.25, 0.3) is 16.3 Å². The first-order valence-electron chi connectivity index (χ1n) is 8.05. The highest BCUT2D eigenvalue weighted by molar-refractivity contribution is 7.18. The lowest BCUT2D eigenvalue weighted by molar-refractivity contribution is -0.116. The smallest absolute Gasteiger partial charge is 0.259 e. The Morgan fingerprint density at radius 2 is 2.08 bits per heavy atom. The van der Waals surface area contributed by atoms with Crippen LogP contribution in [0.1, 0.15) is 35.8 Å². The summed E-state index contributed by atoms with van der Waals surface area (Å²) in [7, 11) is 0. The van der Waals surface area contributed by atoms with Crippen LogP contribution in [0.3, 0.4) is 0 Å². The molecule has 5 nitrogen and oxygen atoms in total. The third-order valence-electron chi connectivity index (χ3n) is 3.85. The van der Waals surface area contributed by atoms with Gasteiger partial charge < -0.3 is 10.3 Å². The fraction of sp³-hybridized carbons (Fsp3) is 0.211. The molecule has 3 rings (SSSR count). The van der Waals surface area contributed by atoms with Crippen LogP contribution >= 0.6 is 11.3 Å². The van der Waals surface area contributed by atoms with Crippen molar-refractivity contribution in [2.75, 3.05) is 0 Å². The summed E-state index contributed by atoms with van der Waals surface area (Å²) in [5.41, 5.74) is 2.09. The van der Waals surface area contributed by atoms with E-state index in [1.165, 1.54) is 29.3 Å². The molecule has 2 heterocycles. The van der Waals surface area contributed by atoms with Crippen LogP contribution in [-0.2, 0) is 11.3 Å². The highest BCUT2D eigenvalue weighted by Gasteiger charge is 2.06. The van der Waals surface area contributed by atoms with E-state index in [1.54, 1.807) is 12.1 Å². The van der Waals surface area contributed by atoms with Crippen molar-refractivity contribution in [2.45, 2.75) is 26.3 Å². The van der Waals surface area contributed by atoms with Crippen LogP contribution in [-0.4, -0.2) is 15.9 Å². The van der Waals surface area contributed by atoms with Gasteiger partial charge in [-0.1, -0.05) is 38.1 Å². The van der Waals surface area contributed by atoms with E-state index >= 15 is 0 Å². The fourth-order valence-corrected chi connectivity index (χ4v) is 3.34. The summed E-state index contributed by atoms with van der Waals surface area (Å²) in [5.74, 6) is 0.316. The topological polar surface area (TPSA) is 74.8 Å². The molecule has 0 unspecified atom stereocenters. The lowest BCUT2D eigenvalue weighted by atomic mass is 10.0. The number of nitrogens with zero attached hydrogens (tertiary/aromatic N) is 1. The number of H-pyrrole nitrogens is 1. The second-order valence-corrected chi connectivity index (χ2v) is 7.15. The van der Waals surface area contributed by atoms with E-state index in [1.807, 2.05) is 12.1 Å². The number of fused-ring (bicyclic) bond motifs is 1. The number of hydrogen-bond acceptors (Lipinski definition) is 4. The van der Waals surface area contributed by atoms with Crippen molar-refractivity contribution < 1.29 is 4.79 Å². The van der Waals surface area contributed by atoms with E-state index in [-0.39, 0.29) is 11.5 Å². The summed E-state index contributed by atoms with van der Waals surface area (Å²) < 4.78 is 0. The van der Waals surface area contributed by atoms with E-state index in [9.17, 15) is 9.59 Å². The average Bonchev–Trinajstić information content (AvgIpc) is 3.03. The lowest BCUT2D eigenvalue weighted by Gasteiger charge is -2.04. The van der Waals surface area contributed by atoms with Crippen LogP contribution in [0.2, 0.25) is 0 Å². The number of carbonyl (C=O) groups is 1. The lowest BCUT2D eigenvalue weighted by Crippen LogP contribution is -2.19. The molecule has 0 saturated carbocycles. The van der Waals surface area contributed by atoms with Gasteiger partial charge in [0.2, 0.25) is 5.91 Å². The number of benzene rings is 1. The number of rotatable bonds is 5. The first-order valence-corrected chi connectivity index (χ1v) is 8.86. The van der Waals surface area contributed by atoms with Crippen LogP contribution < -0.4 is 10.9 Å². The molecule has 2 aromatic heterocycles. The van der Waals surface area contributed by atoms with Gasteiger partial charge in [-0.15, -0.1) is 11.3 Å².